The van der Waals surface area contributed by atoms with E-state index < -0.39 is 0 Å². The number of hydrogen-bond acceptors (Lipinski definition) is 5. The lowest BCUT2D eigenvalue weighted by molar-refractivity contribution is 0.141. The van der Waals surface area contributed by atoms with Crippen LogP contribution in [-0.4, -0.2) is 39.3 Å². The molecule has 0 spiro atoms. The average molecular weight is 273 g/mol. The van der Waals surface area contributed by atoms with Crippen LogP contribution in [0.25, 0.3) is 11.4 Å². The van der Waals surface area contributed by atoms with E-state index in [4.69, 9.17) is 4.52 Å². The minimum Gasteiger partial charge on any atom is -0.395 e. The number of nitrogens with zero attached hydrogens (tertiary/aromatic N) is 3. The first kappa shape index (κ1) is 13.3. The van der Waals surface area contributed by atoms with Gasteiger partial charge in [-0.3, -0.25) is 4.90 Å². The maximum atomic E-state index is 9.32. The van der Waals surface area contributed by atoms with Crippen LogP contribution in [0.5, 0.6) is 0 Å². The summed E-state index contributed by atoms with van der Waals surface area (Å²) >= 11 is 0. The molecule has 3 rings (SSSR count). The number of aromatic nitrogens is 2. The molecule has 1 unspecified atom stereocenters. The predicted molar refractivity (Wildman–Crippen MR) is 75.0 cm³/mol. The van der Waals surface area contributed by atoms with Gasteiger partial charge in [0.05, 0.1) is 13.2 Å². The highest BCUT2D eigenvalue weighted by Crippen LogP contribution is 2.21. The lowest BCUT2D eigenvalue weighted by Gasteiger charge is -2.20. The zero-order chi connectivity index (χ0) is 13.9. The molecule has 0 aliphatic carbocycles. The van der Waals surface area contributed by atoms with Crippen molar-refractivity contribution in [3.8, 4) is 11.4 Å². The van der Waals surface area contributed by atoms with Crippen LogP contribution in [0.1, 0.15) is 24.3 Å². The quantitative estimate of drug-likeness (QED) is 0.923. The van der Waals surface area contributed by atoms with Crippen molar-refractivity contribution in [1.82, 2.24) is 15.0 Å². The third-order valence-corrected chi connectivity index (χ3v) is 3.83. The Hall–Kier alpha value is -1.72. The Balaban J connectivity index is 1.72. The Morgan fingerprint density at radius 2 is 2.15 bits per heavy atom. The number of rotatable bonds is 4. The van der Waals surface area contributed by atoms with Crippen molar-refractivity contribution in [3.05, 3.63) is 35.7 Å². The number of aliphatic hydroxyl groups is 1. The zero-order valence-electron chi connectivity index (χ0n) is 11.6. The molecule has 1 aromatic carbocycles. The van der Waals surface area contributed by atoms with E-state index >= 15 is 0 Å². The van der Waals surface area contributed by atoms with Crippen LogP contribution in [0.4, 0.5) is 0 Å². The van der Waals surface area contributed by atoms with Gasteiger partial charge in [-0.1, -0.05) is 35.0 Å². The molecule has 0 amide bonds. The Morgan fingerprint density at radius 1 is 1.35 bits per heavy atom. The van der Waals surface area contributed by atoms with Crippen molar-refractivity contribution in [1.29, 1.82) is 0 Å². The third kappa shape index (κ3) is 2.73. The summed E-state index contributed by atoms with van der Waals surface area (Å²) in [4.78, 5) is 6.64. The molecule has 1 aliphatic heterocycles. The molecule has 20 heavy (non-hydrogen) atoms. The molecule has 0 radical (unpaired) electrons. The number of benzene rings is 1. The Morgan fingerprint density at radius 3 is 2.90 bits per heavy atom. The first-order valence-electron chi connectivity index (χ1n) is 7.01. The molecule has 2 aromatic rings. The van der Waals surface area contributed by atoms with Crippen LogP contribution < -0.4 is 0 Å². The Bertz CT molecular complexity index is 565. The summed E-state index contributed by atoms with van der Waals surface area (Å²) in [6.07, 6.45) is 2.15. The molecule has 0 bridgehead atoms. The van der Waals surface area contributed by atoms with Gasteiger partial charge in [-0.25, -0.2) is 0 Å². The molecule has 1 aromatic heterocycles. The number of aryl methyl sites for hydroxylation is 1. The minimum absolute atomic E-state index is 0.193. The summed E-state index contributed by atoms with van der Waals surface area (Å²) < 4.78 is 5.32. The molecule has 1 atom stereocenters. The van der Waals surface area contributed by atoms with Crippen LogP contribution in [0.2, 0.25) is 0 Å². The van der Waals surface area contributed by atoms with Crippen molar-refractivity contribution in [2.24, 2.45) is 0 Å². The van der Waals surface area contributed by atoms with E-state index in [0.717, 1.165) is 24.9 Å². The van der Waals surface area contributed by atoms with Gasteiger partial charge in [0.2, 0.25) is 11.7 Å². The molecule has 1 saturated heterocycles. The topological polar surface area (TPSA) is 62.4 Å². The van der Waals surface area contributed by atoms with E-state index in [2.05, 4.69) is 15.0 Å². The number of hydrogen-bond donors (Lipinski definition) is 1. The minimum atomic E-state index is 0.193. The van der Waals surface area contributed by atoms with E-state index in [1.165, 1.54) is 5.56 Å². The van der Waals surface area contributed by atoms with E-state index in [0.29, 0.717) is 18.3 Å². The van der Waals surface area contributed by atoms with Gasteiger partial charge in [0, 0.05) is 11.6 Å². The van der Waals surface area contributed by atoms with Crippen molar-refractivity contribution in [3.63, 3.8) is 0 Å². The van der Waals surface area contributed by atoms with Crippen molar-refractivity contribution < 1.29 is 9.63 Å². The fraction of sp³-hybridized carbons (Fsp3) is 0.467. The van der Waals surface area contributed by atoms with Gasteiger partial charge < -0.3 is 9.63 Å². The fourth-order valence-corrected chi connectivity index (χ4v) is 2.62. The monoisotopic (exact) mass is 273 g/mol. The highest BCUT2D eigenvalue weighted by atomic mass is 16.5. The third-order valence-electron chi connectivity index (χ3n) is 3.83. The number of likely N-dealkylation sites (tertiary alicyclic amines) is 1. The van der Waals surface area contributed by atoms with E-state index in [9.17, 15) is 5.11 Å². The summed E-state index contributed by atoms with van der Waals surface area (Å²) in [5.74, 6) is 1.24. The van der Waals surface area contributed by atoms with Crippen LogP contribution in [-0.2, 0) is 6.54 Å². The van der Waals surface area contributed by atoms with Gasteiger partial charge in [-0.05, 0) is 26.3 Å². The van der Waals surface area contributed by atoms with Gasteiger partial charge in [-0.2, -0.15) is 4.98 Å². The summed E-state index contributed by atoms with van der Waals surface area (Å²) in [7, 11) is 0. The Kier molecular flexibility index (Phi) is 3.80. The second-order valence-corrected chi connectivity index (χ2v) is 5.33. The second kappa shape index (κ2) is 5.73. The SMILES string of the molecule is Cc1ccc(-c2noc(CN3CCCC3CO)n2)cc1. The molecular formula is C15H19N3O2. The summed E-state index contributed by atoms with van der Waals surface area (Å²) in [5.41, 5.74) is 2.17. The van der Waals surface area contributed by atoms with Gasteiger partial charge in [-0.15, -0.1) is 0 Å². The van der Waals surface area contributed by atoms with Gasteiger partial charge in [0.1, 0.15) is 0 Å². The predicted octanol–water partition coefficient (Wildman–Crippen LogP) is 2.00. The van der Waals surface area contributed by atoms with Crippen molar-refractivity contribution in [2.45, 2.75) is 32.4 Å². The Labute approximate surface area is 118 Å². The lowest BCUT2D eigenvalue weighted by atomic mass is 10.1. The largest absolute Gasteiger partial charge is 0.395 e. The molecule has 1 N–H and O–H groups in total. The van der Waals surface area contributed by atoms with Crippen LogP contribution >= 0.6 is 0 Å². The first-order valence-corrected chi connectivity index (χ1v) is 7.01. The summed E-state index contributed by atoms with van der Waals surface area (Å²) in [6, 6.07) is 8.29. The highest BCUT2D eigenvalue weighted by molar-refractivity contribution is 5.54. The number of aliphatic hydroxyl groups excluding tert-OH is 1. The zero-order valence-corrected chi connectivity index (χ0v) is 11.6. The molecule has 1 fully saturated rings. The van der Waals surface area contributed by atoms with Crippen molar-refractivity contribution in [2.75, 3.05) is 13.2 Å². The van der Waals surface area contributed by atoms with Crippen LogP contribution in [0.3, 0.4) is 0 Å². The molecule has 5 heteroatoms. The van der Waals surface area contributed by atoms with Gasteiger partial charge >= 0.3 is 0 Å². The van der Waals surface area contributed by atoms with Crippen LogP contribution in [0.15, 0.2) is 28.8 Å². The first-order chi connectivity index (χ1) is 9.76. The molecule has 0 saturated carbocycles. The normalized spacial score (nSPS) is 19.6. The van der Waals surface area contributed by atoms with Crippen molar-refractivity contribution >= 4 is 0 Å². The fourth-order valence-electron chi connectivity index (χ4n) is 2.62. The van der Waals surface area contributed by atoms with Crippen LogP contribution in [0, 0.1) is 6.92 Å². The second-order valence-electron chi connectivity index (χ2n) is 5.33. The van der Waals surface area contributed by atoms with Gasteiger partial charge in [0.25, 0.3) is 0 Å². The van der Waals surface area contributed by atoms with E-state index in [1.54, 1.807) is 0 Å². The standard InChI is InChI=1S/C15H19N3O2/c1-11-4-6-12(7-5-11)15-16-14(20-17-15)9-18-8-2-3-13(18)10-19/h4-7,13,19H,2-3,8-10H2,1H3. The van der Waals surface area contributed by atoms with E-state index in [1.807, 2.05) is 31.2 Å². The van der Waals surface area contributed by atoms with Gasteiger partial charge in [0.15, 0.2) is 0 Å². The molecule has 106 valence electrons. The summed E-state index contributed by atoms with van der Waals surface area (Å²) in [6.45, 7) is 3.84. The summed E-state index contributed by atoms with van der Waals surface area (Å²) in [5, 5.41) is 13.3. The average Bonchev–Trinajstić information content (AvgIpc) is 3.09. The molecule has 5 nitrogen and oxygen atoms in total. The molecular weight excluding hydrogens is 254 g/mol. The lowest BCUT2D eigenvalue weighted by Crippen LogP contribution is -2.31. The maximum Gasteiger partial charge on any atom is 0.241 e. The maximum absolute atomic E-state index is 9.32. The smallest absolute Gasteiger partial charge is 0.241 e. The molecule has 1 aliphatic rings. The molecule has 2 heterocycles. The highest BCUT2D eigenvalue weighted by Gasteiger charge is 2.25. The van der Waals surface area contributed by atoms with E-state index in [-0.39, 0.29) is 12.6 Å².